The molecule has 3 rings (SSSR count). The van der Waals surface area contributed by atoms with Crippen molar-refractivity contribution in [2.45, 2.75) is 5.03 Å². The predicted octanol–water partition coefficient (Wildman–Crippen LogP) is 4.26. The number of anilines is 2. The van der Waals surface area contributed by atoms with Gasteiger partial charge in [0.05, 0.1) is 24.1 Å². The van der Waals surface area contributed by atoms with E-state index < -0.39 is 11.7 Å². The number of carbonyl (C=O) groups is 2. The third kappa shape index (κ3) is 5.68. The topological polar surface area (TPSA) is 93.2 Å². The first-order valence-corrected chi connectivity index (χ1v) is 9.98. The fraction of sp³-hybridized carbons (Fsp3) is 0.100. The number of nitrogens with zero attached hydrogens (tertiary/aromatic N) is 2. The van der Waals surface area contributed by atoms with Crippen molar-refractivity contribution in [2.75, 3.05) is 23.5 Å². The minimum absolute atomic E-state index is 0.0747. The molecule has 2 aromatic carbocycles. The van der Waals surface area contributed by atoms with E-state index in [4.69, 9.17) is 16.3 Å². The van der Waals surface area contributed by atoms with Gasteiger partial charge >= 0.3 is 0 Å². The van der Waals surface area contributed by atoms with Crippen molar-refractivity contribution < 1.29 is 18.7 Å². The summed E-state index contributed by atoms with van der Waals surface area (Å²) in [5, 5.41) is 14.0. The fourth-order valence-corrected chi connectivity index (χ4v) is 3.18. The Morgan fingerprint density at radius 1 is 1.10 bits per heavy atom. The Hall–Kier alpha value is -3.17. The largest absolute Gasteiger partial charge is 0.495 e. The van der Waals surface area contributed by atoms with Crippen LogP contribution in [0.1, 0.15) is 10.4 Å². The van der Waals surface area contributed by atoms with Gasteiger partial charge in [-0.2, -0.15) is 0 Å². The number of halogens is 2. The summed E-state index contributed by atoms with van der Waals surface area (Å²) in [4.78, 5) is 24.3. The minimum atomic E-state index is -0.627. The highest BCUT2D eigenvalue weighted by atomic mass is 35.5. The number of amides is 2. The zero-order valence-electron chi connectivity index (χ0n) is 15.7. The number of nitrogens with one attached hydrogen (secondary N) is 2. The van der Waals surface area contributed by atoms with Gasteiger partial charge in [0.1, 0.15) is 16.6 Å². The number of hydrogen-bond acceptors (Lipinski definition) is 6. The molecule has 0 aliphatic heterocycles. The molecule has 1 heterocycles. The van der Waals surface area contributed by atoms with Crippen molar-refractivity contribution in [1.29, 1.82) is 0 Å². The van der Waals surface area contributed by atoms with Crippen molar-refractivity contribution in [1.82, 2.24) is 10.2 Å². The van der Waals surface area contributed by atoms with Gasteiger partial charge in [0.25, 0.3) is 5.91 Å². The summed E-state index contributed by atoms with van der Waals surface area (Å²) in [6.07, 6.45) is 0. The first-order valence-electron chi connectivity index (χ1n) is 8.62. The maximum Gasteiger partial charge on any atom is 0.259 e. The molecular weight excluding hydrogens is 431 g/mol. The lowest BCUT2D eigenvalue weighted by molar-refractivity contribution is -0.113. The smallest absolute Gasteiger partial charge is 0.259 e. The van der Waals surface area contributed by atoms with Crippen molar-refractivity contribution in [3.63, 3.8) is 0 Å². The normalized spacial score (nSPS) is 10.4. The van der Waals surface area contributed by atoms with E-state index in [1.807, 2.05) is 0 Å². The number of hydrogen-bond donors (Lipinski definition) is 2. The van der Waals surface area contributed by atoms with Crippen LogP contribution < -0.4 is 15.4 Å². The lowest BCUT2D eigenvalue weighted by Gasteiger charge is -2.10. The van der Waals surface area contributed by atoms with E-state index in [0.717, 1.165) is 11.8 Å². The molecule has 0 saturated heterocycles. The van der Waals surface area contributed by atoms with Crippen LogP contribution in [0.3, 0.4) is 0 Å². The van der Waals surface area contributed by atoms with Gasteiger partial charge in [0, 0.05) is 5.02 Å². The molecule has 0 aliphatic carbocycles. The van der Waals surface area contributed by atoms with Crippen LogP contribution in [0.2, 0.25) is 5.02 Å². The van der Waals surface area contributed by atoms with Gasteiger partial charge in [-0.05, 0) is 42.5 Å². The highest BCUT2D eigenvalue weighted by Gasteiger charge is 2.13. The maximum atomic E-state index is 13.7. The molecule has 154 valence electrons. The number of aromatic nitrogens is 2. The second-order valence-electron chi connectivity index (χ2n) is 5.87. The predicted molar refractivity (Wildman–Crippen MR) is 114 cm³/mol. The molecule has 30 heavy (non-hydrogen) atoms. The number of benzene rings is 2. The van der Waals surface area contributed by atoms with Crippen molar-refractivity contribution >= 4 is 46.7 Å². The molecular formula is C20H16ClFN4O3S. The Bertz CT molecular complexity index is 1070. The maximum absolute atomic E-state index is 13.7. The molecule has 1 aromatic heterocycles. The molecule has 3 aromatic rings. The molecule has 0 spiro atoms. The van der Waals surface area contributed by atoms with E-state index in [1.165, 1.54) is 31.4 Å². The van der Waals surface area contributed by atoms with Crippen LogP contribution in [-0.2, 0) is 4.79 Å². The van der Waals surface area contributed by atoms with E-state index in [0.29, 0.717) is 21.5 Å². The molecule has 2 amide bonds. The van der Waals surface area contributed by atoms with Crippen LogP contribution in [0.5, 0.6) is 5.75 Å². The standard InChI is InChI=1S/C20H16ClFN4O3S/c1-29-16-7-6-12(21)10-15(16)23-18(27)11-30-19-9-8-17(25-26-19)24-20(28)13-4-2-3-5-14(13)22/h2-10H,11H2,1H3,(H,23,27)(H,24,25,28). The van der Waals surface area contributed by atoms with E-state index in [1.54, 1.807) is 30.3 Å². The van der Waals surface area contributed by atoms with Crippen LogP contribution >= 0.6 is 23.4 Å². The second-order valence-corrected chi connectivity index (χ2v) is 7.30. The molecule has 0 unspecified atom stereocenters. The van der Waals surface area contributed by atoms with E-state index >= 15 is 0 Å². The fourth-order valence-electron chi connectivity index (χ4n) is 2.40. The summed E-state index contributed by atoms with van der Waals surface area (Å²) in [7, 11) is 1.50. The van der Waals surface area contributed by atoms with E-state index in [2.05, 4.69) is 20.8 Å². The van der Waals surface area contributed by atoms with Crippen molar-refractivity contribution in [2.24, 2.45) is 0 Å². The van der Waals surface area contributed by atoms with E-state index in [9.17, 15) is 14.0 Å². The van der Waals surface area contributed by atoms with Crippen LogP contribution in [-0.4, -0.2) is 34.9 Å². The number of carbonyl (C=O) groups excluding carboxylic acids is 2. The van der Waals surface area contributed by atoms with Gasteiger partial charge < -0.3 is 15.4 Å². The number of methoxy groups -OCH3 is 1. The minimum Gasteiger partial charge on any atom is -0.495 e. The molecule has 2 N–H and O–H groups in total. The number of ether oxygens (including phenoxy) is 1. The molecule has 0 fully saturated rings. The monoisotopic (exact) mass is 446 g/mol. The quantitative estimate of drug-likeness (QED) is 0.527. The van der Waals surface area contributed by atoms with Crippen molar-refractivity contribution in [3.05, 3.63) is 71.0 Å². The Balaban J connectivity index is 1.55. The molecule has 0 aliphatic rings. The molecule has 0 bridgehead atoms. The van der Waals surface area contributed by atoms with Crippen LogP contribution in [0, 0.1) is 5.82 Å². The Labute approximate surface area is 181 Å². The van der Waals surface area contributed by atoms with Crippen molar-refractivity contribution in [3.8, 4) is 5.75 Å². The van der Waals surface area contributed by atoms with E-state index in [-0.39, 0.29) is 23.0 Å². The third-order valence-electron chi connectivity index (χ3n) is 3.79. The van der Waals surface area contributed by atoms with Gasteiger partial charge in [0.15, 0.2) is 5.82 Å². The average molecular weight is 447 g/mol. The summed E-state index contributed by atoms with van der Waals surface area (Å²) in [5.41, 5.74) is 0.374. The second kappa shape index (κ2) is 10.0. The average Bonchev–Trinajstić information content (AvgIpc) is 2.74. The Morgan fingerprint density at radius 2 is 1.90 bits per heavy atom. The van der Waals surface area contributed by atoms with Crippen LogP contribution in [0.4, 0.5) is 15.9 Å². The van der Waals surface area contributed by atoms with Gasteiger partial charge in [0.2, 0.25) is 5.91 Å². The lowest BCUT2D eigenvalue weighted by atomic mass is 10.2. The van der Waals surface area contributed by atoms with Crippen LogP contribution in [0.15, 0.2) is 59.6 Å². The number of rotatable bonds is 7. The van der Waals surface area contributed by atoms with Gasteiger partial charge in [-0.15, -0.1) is 10.2 Å². The SMILES string of the molecule is COc1ccc(Cl)cc1NC(=O)CSc1ccc(NC(=O)c2ccccc2F)nn1. The third-order valence-corrected chi connectivity index (χ3v) is 4.94. The Kier molecular flexibility index (Phi) is 7.21. The molecule has 0 atom stereocenters. The first-order chi connectivity index (χ1) is 14.5. The molecule has 0 radical (unpaired) electrons. The highest BCUT2D eigenvalue weighted by molar-refractivity contribution is 7.99. The zero-order valence-corrected chi connectivity index (χ0v) is 17.3. The zero-order chi connectivity index (χ0) is 21.5. The van der Waals surface area contributed by atoms with Gasteiger partial charge in [-0.3, -0.25) is 9.59 Å². The van der Waals surface area contributed by atoms with Gasteiger partial charge in [-0.25, -0.2) is 4.39 Å². The molecule has 10 heteroatoms. The summed E-state index contributed by atoms with van der Waals surface area (Å²) in [6, 6.07) is 13.7. The summed E-state index contributed by atoms with van der Waals surface area (Å²) in [6.45, 7) is 0. The summed E-state index contributed by atoms with van der Waals surface area (Å²) >= 11 is 7.11. The van der Waals surface area contributed by atoms with Gasteiger partial charge in [-0.1, -0.05) is 35.5 Å². The first kappa shape index (κ1) is 21.5. The summed E-state index contributed by atoms with van der Waals surface area (Å²) < 4.78 is 18.8. The Morgan fingerprint density at radius 3 is 2.60 bits per heavy atom. The summed E-state index contributed by atoms with van der Waals surface area (Å²) in [5.74, 6) is -0.798. The highest BCUT2D eigenvalue weighted by Crippen LogP contribution is 2.28. The lowest BCUT2D eigenvalue weighted by Crippen LogP contribution is -2.15. The molecule has 7 nitrogen and oxygen atoms in total. The number of thioether (sulfide) groups is 1. The molecule has 0 saturated carbocycles. The van der Waals surface area contributed by atoms with Crippen LogP contribution in [0.25, 0.3) is 0 Å².